The van der Waals surface area contributed by atoms with Crippen LogP contribution in [0.2, 0.25) is 0 Å². The third-order valence-corrected chi connectivity index (χ3v) is 3.46. The molecule has 0 aliphatic carbocycles. The van der Waals surface area contributed by atoms with E-state index in [1.165, 1.54) is 0 Å². The summed E-state index contributed by atoms with van der Waals surface area (Å²) in [6.45, 7) is 13.5. The monoisotopic (exact) mass is 335 g/mol. The molecule has 0 saturated carbocycles. The Morgan fingerprint density at radius 3 is 2.17 bits per heavy atom. The lowest BCUT2D eigenvalue weighted by Gasteiger charge is -2.14. The number of allylic oxidation sites excluding steroid dienone is 2. The molecule has 0 saturated heterocycles. The number of nitrogens with zero attached hydrogens (tertiary/aromatic N) is 1. The minimum atomic E-state index is -0.305. The maximum absolute atomic E-state index is 12.5. The summed E-state index contributed by atoms with van der Waals surface area (Å²) in [5.41, 5.74) is 1.22. The molecule has 0 fully saturated rings. The third kappa shape index (κ3) is 8.65. The molecule has 0 radical (unpaired) electrons. The van der Waals surface area contributed by atoms with Gasteiger partial charge in [-0.1, -0.05) is 41.0 Å². The molecule has 5 heteroatoms. The van der Waals surface area contributed by atoms with Gasteiger partial charge in [-0.25, -0.2) is 0 Å². The van der Waals surface area contributed by atoms with E-state index in [1.807, 2.05) is 40.7 Å². The van der Waals surface area contributed by atoms with Gasteiger partial charge in [-0.3, -0.25) is 14.6 Å². The number of hydrogen-bond donors (Lipinski definition) is 2. The van der Waals surface area contributed by atoms with Crippen LogP contribution in [0.3, 0.4) is 0 Å². The van der Waals surface area contributed by atoms with Gasteiger partial charge in [0.2, 0.25) is 5.91 Å². The first kappa shape index (κ1) is 22.1. The first-order chi connectivity index (χ1) is 11.2. The summed E-state index contributed by atoms with van der Waals surface area (Å²) >= 11 is 0. The van der Waals surface area contributed by atoms with Crippen LogP contribution in [0, 0.1) is 11.8 Å². The van der Waals surface area contributed by atoms with E-state index < -0.39 is 0 Å². The van der Waals surface area contributed by atoms with Gasteiger partial charge >= 0.3 is 0 Å². The molecule has 0 spiro atoms. The molecule has 0 rings (SSSR count). The highest BCUT2D eigenvalue weighted by Crippen LogP contribution is 2.08. The van der Waals surface area contributed by atoms with E-state index in [2.05, 4.69) is 29.5 Å². The van der Waals surface area contributed by atoms with Gasteiger partial charge in [-0.05, 0) is 44.3 Å². The van der Waals surface area contributed by atoms with E-state index in [0.717, 1.165) is 24.8 Å². The lowest BCUT2D eigenvalue weighted by molar-refractivity contribution is -0.123. The molecular weight excluding hydrogens is 302 g/mol. The Bertz CT molecular complexity index is 513. The Labute approximate surface area is 146 Å². The van der Waals surface area contributed by atoms with E-state index in [4.69, 9.17) is 0 Å². The molecule has 0 aromatic carbocycles. The van der Waals surface area contributed by atoms with Crippen LogP contribution >= 0.6 is 0 Å². The Morgan fingerprint density at radius 2 is 1.71 bits per heavy atom. The summed E-state index contributed by atoms with van der Waals surface area (Å²) in [5, 5.41) is 5.55. The van der Waals surface area contributed by atoms with Gasteiger partial charge in [0.05, 0.1) is 0 Å². The second-order valence-electron chi connectivity index (χ2n) is 6.52. The number of rotatable bonds is 9. The highest BCUT2D eigenvalue weighted by Gasteiger charge is 2.15. The molecule has 0 bridgehead atoms. The van der Waals surface area contributed by atoms with Crippen LogP contribution in [-0.2, 0) is 9.59 Å². The average molecular weight is 335 g/mol. The van der Waals surface area contributed by atoms with Gasteiger partial charge in [0.1, 0.15) is 11.5 Å². The molecule has 136 valence electrons. The van der Waals surface area contributed by atoms with Crippen molar-refractivity contribution in [1.82, 2.24) is 10.6 Å². The molecule has 24 heavy (non-hydrogen) atoms. The molecule has 0 aliphatic heterocycles. The number of aliphatic imine (C=N–C) groups is 1. The van der Waals surface area contributed by atoms with Gasteiger partial charge in [0, 0.05) is 12.1 Å². The minimum Gasteiger partial charge on any atom is -0.312 e. The predicted molar refractivity (Wildman–Crippen MR) is 100 cm³/mol. The highest BCUT2D eigenvalue weighted by molar-refractivity contribution is 5.96. The lowest BCUT2D eigenvalue weighted by atomic mass is 10.1. The first-order valence-corrected chi connectivity index (χ1v) is 8.76. The SMILES string of the molecule is CCC/C=C(/NC(=O)C(/N=C\C(C)CC)=C(C)C)NC(=O)C(C)C. The van der Waals surface area contributed by atoms with Crippen molar-refractivity contribution in [3.8, 4) is 0 Å². The predicted octanol–water partition coefficient (Wildman–Crippen LogP) is 3.93. The largest absolute Gasteiger partial charge is 0.312 e. The van der Waals surface area contributed by atoms with Gasteiger partial charge in [-0.2, -0.15) is 0 Å². The average Bonchev–Trinajstić information content (AvgIpc) is 2.51. The number of nitrogens with one attached hydrogen (secondary N) is 2. The van der Waals surface area contributed by atoms with Gasteiger partial charge in [0.15, 0.2) is 0 Å². The summed E-state index contributed by atoms with van der Waals surface area (Å²) in [6, 6.07) is 0. The Kier molecular flexibility index (Phi) is 10.7. The summed E-state index contributed by atoms with van der Waals surface area (Å²) in [5.74, 6) is 0.152. The van der Waals surface area contributed by atoms with Crippen molar-refractivity contribution in [2.75, 3.05) is 0 Å². The molecule has 0 aliphatic rings. The number of unbranched alkanes of at least 4 members (excludes halogenated alkanes) is 1. The maximum Gasteiger partial charge on any atom is 0.275 e. The van der Waals surface area contributed by atoms with Crippen molar-refractivity contribution in [2.24, 2.45) is 16.8 Å². The fraction of sp³-hybridized carbons (Fsp3) is 0.632. The van der Waals surface area contributed by atoms with Crippen molar-refractivity contribution in [3.05, 3.63) is 23.2 Å². The van der Waals surface area contributed by atoms with E-state index >= 15 is 0 Å². The third-order valence-electron chi connectivity index (χ3n) is 3.46. The zero-order valence-corrected chi connectivity index (χ0v) is 16.2. The standard InChI is InChI=1S/C19H33N3O2/c1-8-10-11-16(21-18(23)14(5)6)22-19(24)17(13(3)4)20-12-15(7)9-2/h11-12,14-15H,8-10H2,1-7H3,(H,21,23)(H,22,24)/b16-11+,20-12-. The van der Waals surface area contributed by atoms with Gasteiger partial charge < -0.3 is 10.6 Å². The minimum absolute atomic E-state index is 0.125. The van der Waals surface area contributed by atoms with Crippen molar-refractivity contribution in [2.45, 2.75) is 67.7 Å². The highest BCUT2D eigenvalue weighted by atomic mass is 16.2. The van der Waals surface area contributed by atoms with E-state index in [9.17, 15) is 9.59 Å². The molecular formula is C19H33N3O2. The summed E-state index contributed by atoms with van der Waals surface area (Å²) in [6.07, 6.45) is 6.29. The number of carbonyl (C=O) groups is 2. The zero-order chi connectivity index (χ0) is 18.7. The second-order valence-corrected chi connectivity index (χ2v) is 6.52. The topological polar surface area (TPSA) is 70.6 Å². The molecule has 2 amide bonds. The van der Waals surface area contributed by atoms with Crippen LogP contribution in [-0.4, -0.2) is 18.0 Å². The fourth-order valence-corrected chi connectivity index (χ4v) is 1.60. The zero-order valence-electron chi connectivity index (χ0n) is 16.2. The first-order valence-electron chi connectivity index (χ1n) is 8.76. The molecule has 0 aromatic heterocycles. The van der Waals surface area contributed by atoms with E-state index in [-0.39, 0.29) is 17.7 Å². The van der Waals surface area contributed by atoms with E-state index in [0.29, 0.717) is 17.4 Å². The van der Waals surface area contributed by atoms with Crippen molar-refractivity contribution >= 4 is 18.0 Å². The Hall–Kier alpha value is -1.91. The van der Waals surface area contributed by atoms with Crippen molar-refractivity contribution in [3.63, 3.8) is 0 Å². The van der Waals surface area contributed by atoms with Crippen LogP contribution in [0.4, 0.5) is 0 Å². The van der Waals surface area contributed by atoms with Crippen LogP contribution in [0.1, 0.15) is 67.7 Å². The fourth-order valence-electron chi connectivity index (χ4n) is 1.60. The smallest absolute Gasteiger partial charge is 0.275 e. The molecule has 0 heterocycles. The number of hydrogen-bond acceptors (Lipinski definition) is 3. The van der Waals surface area contributed by atoms with E-state index in [1.54, 1.807) is 6.21 Å². The summed E-state index contributed by atoms with van der Waals surface area (Å²) in [4.78, 5) is 28.8. The van der Waals surface area contributed by atoms with Gasteiger partial charge in [0.25, 0.3) is 5.91 Å². The quantitative estimate of drug-likeness (QED) is 0.495. The van der Waals surface area contributed by atoms with Crippen LogP contribution in [0.25, 0.3) is 0 Å². The van der Waals surface area contributed by atoms with Crippen molar-refractivity contribution < 1.29 is 9.59 Å². The van der Waals surface area contributed by atoms with Crippen LogP contribution in [0.5, 0.6) is 0 Å². The summed E-state index contributed by atoms with van der Waals surface area (Å²) < 4.78 is 0. The normalized spacial score (nSPS) is 13.1. The molecule has 1 atom stereocenters. The number of carbonyl (C=O) groups excluding carboxylic acids is 2. The maximum atomic E-state index is 12.5. The van der Waals surface area contributed by atoms with Gasteiger partial charge in [-0.15, -0.1) is 0 Å². The lowest BCUT2D eigenvalue weighted by Crippen LogP contribution is -2.37. The molecule has 0 aromatic rings. The van der Waals surface area contributed by atoms with Crippen LogP contribution in [0.15, 0.2) is 28.2 Å². The molecule has 1 unspecified atom stereocenters. The van der Waals surface area contributed by atoms with Crippen LogP contribution < -0.4 is 10.6 Å². The Morgan fingerprint density at radius 1 is 1.08 bits per heavy atom. The molecule has 2 N–H and O–H groups in total. The second kappa shape index (κ2) is 11.6. The molecule has 5 nitrogen and oxygen atoms in total. The van der Waals surface area contributed by atoms with Crippen molar-refractivity contribution in [1.29, 1.82) is 0 Å². The Balaban J connectivity index is 5.23. The summed E-state index contributed by atoms with van der Waals surface area (Å²) in [7, 11) is 0. The number of amides is 2.